The maximum atomic E-state index is 12.4. The summed E-state index contributed by atoms with van der Waals surface area (Å²) >= 11 is 0. The molecule has 1 heterocycles. The highest BCUT2D eigenvalue weighted by molar-refractivity contribution is 5.79. The standard InChI is InChI=1S/C22H27N3O2/c1-4-17(5-2)22(26)23-14-21-24-19-8-6-7-9-20(19)25(21)15-16-10-12-18(27-3)13-11-16/h6-13,17H,4-5,14-15H2,1-3H3,(H,23,26). The van der Waals surface area contributed by atoms with Crippen molar-refractivity contribution >= 4 is 16.9 Å². The van der Waals surface area contributed by atoms with E-state index >= 15 is 0 Å². The molecule has 0 unspecified atom stereocenters. The van der Waals surface area contributed by atoms with E-state index in [0.29, 0.717) is 13.1 Å². The van der Waals surface area contributed by atoms with Crippen molar-refractivity contribution in [3.63, 3.8) is 0 Å². The second-order valence-corrected chi connectivity index (χ2v) is 6.68. The van der Waals surface area contributed by atoms with Crippen molar-refractivity contribution in [2.45, 2.75) is 39.8 Å². The van der Waals surface area contributed by atoms with E-state index in [4.69, 9.17) is 9.72 Å². The third kappa shape index (κ3) is 4.30. The number of amides is 1. The molecule has 0 saturated carbocycles. The largest absolute Gasteiger partial charge is 0.497 e. The highest BCUT2D eigenvalue weighted by Gasteiger charge is 2.16. The summed E-state index contributed by atoms with van der Waals surface area (Å²) in [5.74, 6) is 1.87. The Morgan fingerprint density at radius 2 is 1.81 bits per heavy atom. The number of imidazole rings is 1. The quantitative estimate of drug-likeness (QED) is 0.652. The van der Waals surface area contributed by atoms with Crippen molar-refractivity contribution in [1.29, 1.82) is 0 Å². The Hall–Kier alpha value is -2.82. The van der Waals surface area contributed by atoms with Gasteiger partial charge in [0, 0.05) is 12.5 Å². The molecule has 1 amide bonds. The van der Waals surface area contributed by atoms with Gasteiger partial charge in [-0.2, -0.15) is 0 Å². The molecule has 0 radical (unpaired) electrons. The number of hydrogen-bond donors (Lipinski definition) is 1. The second-order valence-electron chi connectivity index (χ2n) is 6.68. The van der Waals surface area contributed by atoms with Crippen molar-refractivity contribution in [3.05, 3.63) is 59.9 Å². The van der Waals surface area contributed by atoms with Gasteiger partial charge in [-0.25, -0.2) is 4.98 Å². The molecular formula is C22H27N3O2. The molecule has 0 atom stereocenters. The summed E-state index contributed by atoms with van der Waals surface area (Å²) in [6, 6.07) is 16.1. The summed E-state index contributed by atoms with van der Waals surface area (Å²) in [7, 11) is 1.67. The highest BCUT2D eigenvalue weighted by atomic mass is 16.5. The molecule has 3 aromatic rings. The molecule has 0 bridgehead atoms. The minimum absolute atomic E-state index is 0.0596. The topological polar surface area (TPSA) is 56.2 Å². The van der Waals surface area contributed by atoms with Crippen LogP contribution in [0.15, 0.2) is 48.5 Å². The summed E-state index contributed by atoms with van der Waals surface area (Å²) in [5, 5.41) is 3.06. The first-order chi connectivity index (χ1) is 13.2. The third-order valence-corrected chi connectivity index (χ3v) is 5.01. The van der Waals surface area contributed by atoms with E-state index in [9.17, 15) is 4.79 Å². The number of nitrogens with one attached hydrogen (secondary N) is 1. The molecule has 27 heavy (non-hydrogen) atoms. The molecule has 0 aliphatic heterocycles. The Bertz CT molecular complexity index is 896. The zero-order valence-corrected chi connectivity index (χ0v) is 16.2. The Labute approximate surface area is 160 Å². The van der Waals surface area contributed by atoms with E-state index in [1.165, 1.54) is 0 Å². The van der Waals surface area contributed by atoms with Crippen LogP contribution in [-0.4, -0.2) is 22.6 Å². The smallest absolute Gasteiger partial charge is 0.223 e. The Kier molecular flexibility index (Phi) is 6.12. The molecular weight excluding hydrogens is 338 g/mol. The minimum Gasteiger partial charge on any atom is -0.497 e. The molecule has 1 aromatic heterocycles. The van der Waals surface area contributed by atoms with Crippen LogP contribution in [-0.2, 0) is 17.9 Å². The van der Waals surface area contributed by atoms with Gasteiger partial charge in [0.15, 0.2) is 0 Å². The van der Waals surface area contributed by atoms with Crippen LogP contribution in [0.4, 0.5) is 0 Å². The van der Waals surface area contributed by atoms with Gasteiger partial charge in [-0.05, 0) is 42.7 Å². The normalized spacial score (nSPS) is 11.1. The molecule has 0 aliphatic carbocycles. The minimum atomic E-state index is 0.0596. The van der Waals surface area contributed by atoms with Crippen LogP contribution in [0.1, 0.15) is 38.1 Å². The first-order valence-corrected chi connectivity index (χ1v) is 9.51. The summed E-state index contributed by atoms with van der Waals surface area (Å²) in [4.78, 5) is 17.1. The third-order valence-electron chi connectivity index (χ3n) is 5.01. The van der Waals surface area contributed by atoms with Crippen LogP contribution >= 0.6 is 0 Å². The molecule has 1 N–H and O–H groups in total. The lowest BCUT2D eigenvalue weighted by Gasteiger charge is -2.14. The van der Waals surface area contributed by atoms with Crippen LogP contribution in [0.2, 0.25) is 0 Å². The Balaban J connectivity index is 1.86. The summed E-state index contributed by atoms with van der Waals surface area (Å²) in [6.07, 6.45) is 1.70. The fourth-order valence-corrected chi connectivity index (χ4v) is 3.32. The highest BCUT2D eigenvalue weighted by Crippen LogP contribution is 2.20. The number of methoxy groups -OCH3 is 1. The number of nitrogens with zero attached hydrogens (tertiary/aromatic N) is 2. The van der Waals surface area contributed by atoms with Crippen molar-refractivity contribution < 1.29 is 9.53 Å². The van der Waals surface area contributed by atoms with Crippen molar-refractivity contribution in [2.24, 2.45) is 5.92 Å². The number of rotatable bonds is 8. The van der Waals surface area contributed by atoms with Gasteiger partial charge in [-0.1, -0.05) is 38.1 Å². The van der Waals surface area contributed by atoms with Crippen molar-refractivity contribution in [2.75, 3.05) is 7.11 Å². The predicted octanol–water partition coefficient (Wildman–Crippen LogP) is 4.15. The Morgan fingerprint density at radius 3 is 2.48 bits per heavy atom. The van der Waals surface area contributed by atoms with Gasteiger partial charge in [-0.15, -0.1) is 0 Å². The number of fused-ring (bicyclic) bond motifs is 1. The molecule has 0 saturated heterocycles. The lowest BCUT2D eigenvalue weighted by atomic mass is 10.0. The predicted molar refractivity (Wildman–Crippen MR) is 108 cm³/mol. The van der Waals surface area contributed by atoms with Crippen LogP contribution in [0.5, 0.6) is 5.75 Å². The van der Waals surface area contributed by atoms with Gasteiger partial charge in [0.2, 0.25) is 5.91 Å². The summed E-state index contributed by atoms with van der Waals surface area (Å²) in [6.45, 7) is 5.22. The molecule has 0 aliphatic rings. The number of ether oxygens (including phenoxy) is 1. The molecule has 5 nitrogen and oxygen atoms in total. The van der Waals surface area contributed by atoms with Gasteiger partial charge in [0.1, 0.15) is 11.6 Å². The molecule has 5 heteroatoms. The lowest BCUT2D eigenvalue weighted by molar-refractivity contribution is -0.125. The molecule has 0 spiro atoms. The van der Waals surface area contributed by atoms with Crippen LogP contribution in [0.25, 0.3) is 11.0 Å². The number of aromatic nitrogens is 2. The summed E-state index contributed by atoms with van der Waals surface area (Å²) < 4.78 is 7.41. The maximum absolute atomic E-state index is 12.4. The number of benzene rings is 2. The zero-order chi connectivity index (χ0) is 19.2. The fourth-order valence-electron chi connectivity index (χ4n) is 3.32. The van der Waals surface area contributed by atoms with E-state index in [2.05, 4.69) is 28.1 Å². The number of hydrogen-bond acceptors (Lipinski definition) is 3. The number of para-hydroxylation sites is 2. The lowest BCUT2D eigenvalue weighted by Crippen LogP contribution is -2.30. The second kappa shape index (κ2) is 8.71. The fraction of sp³-hybridized carbons (Fsp3) is 0.364. The van der Waals surface area contributed by atoms with Crippen LogP contribution < -0.4 is 10.1 Å². The van der Waals surface area contributed by atoms with E-state index in [1.807, 2.05) is 44.2 Å². The monoisotopic (exact) mass is 365 g/mol. The van der Waals surface area contributed by atoms with Gasteiger partial charge < -0.3 is 14.6 Å². The van der Waals surface area contributed by atoms with Gasteiger partial charge in [0.05, 0.1) is 24.7 Å². The van der Waals surface area contributed by atoms with Crippen molar-refractivity contribution in [3.8, 4) is 5.75 Å². The van der Waals surface area contributed by atoms with Gasteiger partial charge in [-0.3, -0.25) is 4.79 Å². The van der Waals surface area contributed by atoms with E-state index in [-0.39, 0.29) is 11.8 Å². The maximum Gasteiger partial charge on any atom is 0.223 e. The number of carbonyl (C=O) groups excluding carboxylic acids is 1. The van der Waals surface area contributed by atoms with E-state index in [0.717, 1.165) is 41.0 Å². The average Bonchev–Trinajstić information content (AvgIpc) is 3.05. The first-order valence-electron chi connectivity index (χ1n) is 9.51. The number of carbonyl (C=O) groups is 1. The Morgan fingerprint density at radius 1 is 1.11 bits per heavy atom. The zero-order valence-electron chi connectivity index (χ0n) is 16.2. The molecule has 2 aromatic carbocycles. The molecule has 3 rings (SSSR count). The molecule has 0 fully saturated rings. The van der Waals surface area contributed by atoms with E-state index < -0.39 is 0 Å². The van der Waals surface area contributed by atoms with Crippen LogP contribution in [0, 0.1) is 5.92 Å². The molecule has 142 valence electrons. The van der Waals surface area contributed by atoms with Crippen LogP contribution in [0.3, 0.4) is 0 Å². The average molecular weight is 365 g/mol. The first kappa shape index (κ1) is 19.0. The van der Waals surface area contributed by atoms with E-state index in [1.54, 1.807) is 7.11 Å². The SMILES string of the molecule is CCC(CC)C(=O)NCc1nc2ccccc2n1Cc1ccc(OC)cc1. The van der Waals surface area contributed by atoms with Gasteiger partial charge >= 0.3 is 0 Å². The van der Waals surface area contributed by atoms with Gasteiger partial charge in [0.25, 0.3) is 0 Å². The van der Waals surface area contributed by atoms with Crippen molar-refractivity contribution in [1.82, 2.24) is 14.9 Å². The summed E-state index contributed by atoms with van der Waals surface area (Å²) in [5.41, 5.74) is 3.17.